The lowest BCUT2D eigenvalue weighted by atomic mass is 9.97. The highest BCUT2D eigenvalue weighted by Crippen LogP contribution is 2.42. The first-order valence-electron chi connectivity index (χ1n) is 11.6. The molecule has 1 atom stereocenters. The predicted molar refractivity (Wildman–Crippen MR) is 140 cm³/mol. The molecule has 1 unspecified atom stereocenters. The fourth-order valence-electron chi connectivity index (χ4n) is 4.56. The van der Waals surface area contributed by atoms with Crippen molar-refractivity contribution in [3.8, 4) is 5.75 Å². The molecule has 5 aromatic rings. The second-order valence-electron chi connectivity index (χ2n) is 8.84. The van der Waals surface area contributed by atoms with Crippen molar-refractivity contribution in [3.63, 3.8) is 0 Å². The van der Waals surface area contributed by atoms with Crippen LogP contribution in [0.2, 0.25) is 0 Å². The molecule has 0 aliphatic carbocycles. The van der Waals surface area contributed by atoms with E-state index in [0.29, 0.717) is 34.0 Å². The first-order chi connectivity index (χ1) is 17.5. The second kappa shape index (κ2) is 8.77. The normalized spacial score (nSPS) is 14.9. The molecule has 7 heteroatoms. The molecule has 0 fully saturated rings. The van der Waals surface area contributed by atoms with Crippen LogP contribution in [0, 0.1) is 13.8 Å². The molecule has 6 rings (SSSR count). The van der Waals surface area contributed by atoms with Crippen molar-refractivity contribution >= 4 is 33.3 Å². The standard InChI is InChI=1S/C29H22N2O4S/c1-17-14-22-23(15-18(17)2)35-27-24(26(22)32)25(31(28(27)33)29-30-12-13-36-29)20-8-10-21(11-9-20)34-16-19-6-4-3-5-7-19/h3-15,25H,16H2,1-2H3. The van der Waals surface area contributed by atoms with E-state index in [-0.39, 0.29) is 17.1 Å². The topological polar surface area (TPSA) is 72.6 Å². The zero-order chi connectivity index (χ0) is 24.8. The predicted octanol–water partition coefficient (Wildman–Crippen LogP) is 6.20. The van der Waals surface area contributed by atoms with Crippen LogP contribution in [0.25, 0.3) is 11.0 Å². The van der Waals surface area contributed by atoms with Crippen molar-refractivity contribution in [1.29, 1.82) is 0 Å². The molecule has 0 bridgehead atoms. The summed E-state index contributed by atoms with van der Waals surface area (Å²) in [4.78, 5) is 33.3. The van der Waals surface area contributed by atoms with Gasteiger partial charge in [-0.15, -0.1) is 11.3 Å². The summed E-state index contributed by atoms with van der Waals surface area (Å²) in [5, 5.41) is 2.79. The lowest BCUT2D eigenvalue weighted by Crippen LogP contribution is -2.29. The minimum absolute atomic E-state index is 0.0698. The largest absolute Gasteiger partial charge is 0.489 e. The fourth-order valence-corrected chi connectivity index (χ4v) is 5.23. The van der Waals surface area contributed by atoms with Crippen LogP contribution in [0.15, 0.2) is 87.5 Å². The molecule has 1 amide bonds. The molecule has 6 nitrogen and oxygen atoms in total. The van der Waals surface area contributed by atoms with Gasteiger partial charge < -0.3 is 9.15 Å². The summed E-state index contributed by atoms with van der Waals surface area (Å²) in [6.45, 7) is 4.36. The Balaban J connectivity index is 1.44. The number of rotatable bonds is 5. The van der Waals surface area contributed by atoms with Crippen molar-refractivity contribution < 1.29 is 13.9 Å². The summed E-state index contributed by atoms with van der Waals surface area (Å²) in [5.41, 5.74) is 4.39. The molecule has 0 saturated carbocycles. The van der Waals surface area contributed by atoms with E-state index in [0.717, 1.165) is 22.3 Å². The molecule has 0 saturated heterocycles. The van der Waals surface area contributed by atoms with Gasteiger partial charge in [-0.3, -0.25) is 14.5 Å². The lowest BCUT2D eigenvalue weighted by Gasteiger charge is -2.22. The van der Waals surface area contributed by atoms with Gasteiger partial charge >= 0.3 is 0 Å². The summed E-state index contributed by atoms with van der Waals surface area (Å²) in [6.07, 6.45) is 1.65. The highest BCUT2D eigenvalue weighted by Gasteiger charge is 2.44. The molecular formula is C29H22N2O4S. The van der Waals surface area contributed by atoms with Crippen molar-refractivity contribution in [1.82, 2.24) is 4.98 Å². The summed E-state index contributed by atoms with van der Waals surface area (Å²) >= 11 is 1.34. The minimum Gasteiger partial charge on any atom is -0.489 e. The number of thiazole rings is 1. The van der Waals surface area contributed by atoms with E-state index < -0.39 is 6.04 Å². The number of carbonyl (C=O) groups is 1. The van der Waals surface area contributed by atoms with E-state index in [9.17, 15) is 9.59 Å². The third-order valence-electron chi connectivity index (χ3n) is 6.56. The molecule has 1 aliphatic heterocycles. The second-order valence-corrected chi connectivity index (χ2v) is 9.72. The number of hydrogen-bond acceptors (Lipinski definition) is 6. The number of aryl methyl sites for hydroxylation is 2. The summed E-state index contributed by atoms with van der Waals surface area (Å²) in [5.74, 6) is 0.400. The summed E-state index contributed by atoms with van der Waals surface area (Å²) in [6, 6.07) is 20.4. The Morgan fingerprint density at radius 3 is 2.47 bits per heavy atom. The van der Waals surface area contributed by atoms with E-state index in [1.807, 2.05) is 86.0 Å². The monoisotopic (exact) mass is 494 g/mol. The van der Waals surface area contributed by atoms with Crippen LogP contribution in [0.1, 0.15) is 44.4 Å². The molecule has 36 heavy (non-hydrogen) atoms. The average molecular weight is 495 g/mol. The van der Waals surface area contributed by atoms with Gasteiger partial charge in [-0.2, -0.15) is 0 Å². The Morgan fingerprint density at radius 1 is 1.00 bits per heavy atom. The van der Waals surface area contributed by atoms with Crippen LogP contribution in [0.3, 0.4) is 0 Å². The maximum atomic E-state index is 13.8. The van der Waals surface area contributed by atoms with Crippen molar-refractivity contribution in [3.05, 3.63) is 122 Å². The Kier molecular flexibility index (Phi) is 5.42. The molecule has 3 aromatic carbocycles. The van der Waals surface area contributed by atoms with Crippen LogP contribution in [0.5, 0.6) is 5.75 Å². The van der Waals surface area contributed by atoms with Gasteiger partial charge in [0.2, 0.25) is 5.76 Å². The van der Waals surface area contributed by atoms with Crippen molar-refractivity contribution in [2.75, 3.05) is 4.90 Å². The van der Waals surface area contributed by atoms with Gasteiger partial charge in [-0.1, -0.05) is 42.5 Å². The van der Waals surface area contributed by atoms with Crippen LogP contribution in [-0.4, -0.2) is 10.9 Å². The van der Waals surface area contributed by atoms with Crippen LogP contribution < -0.4 is 15.1 Å². The third-order valence-corrected chi connectivity index (χ3v) is 7.33. The van der Waals surface area contributed by atoms with Gasteiger partial charge in [0.25, 0.3) is 5.91 Å². The Hall–Kier alpha value is -4.23. The first-order valence-corrected chi connectivity index (χ1v) is 12.5. The van der Waals surface area contributed by atoms with E-state index in [2.05, 4.69) is 4.98 Å². The summed E-state index contributed by atoms with van der Waals surface area (Å²) < 4.78 is 12.0. The molecule has 1 aliphatic rings. The molecule has 0 N–H and O–H groups in total. The molecular weight excluding hydrogens is 472 g/mol. The number of fused-ring (bicyclic) bond motifs is 2. The Morgan fingerprint density at radius 2 is 1.75 bits per heavy atom. The smallest absolute Gasteiger partial charge is 0.297 e. The highest BCUT2D eigenvalue weighted by atomic mass is 32.1. The van der Waals surface area contributed by atoms with Gasteiger partial charge in [0, 0.05) is 11.6 Å². The van der Waals surface area contributed by atoms with E-state index in [1.165, 1.54) is 11.3 Å². The van der Waals surface area contributed by atoms with E-state index in [4.69, 9.17) is 9.15 Å². The number of ether oxygens (including phenoxy) is 1. The van der Waals surface area contributed by atoms with Crippen LogP contribution in [-0.2, 0) is 6.61 Å². The Labute approximate surface area is 211 Å². The van der Waals surface area contributed by atoms with Crippen LogP contribution >= 0.6 is 11.3 Å². The molecule has 2 aromatic heterocycles. The highest BCUT2D eigenvalue weighted by molar-refractivity contribution is 7.13. The van der Waals surface area contributed by atoms with Gasteiger partial charge in [-0.25, -0.2) is 4.98 Å². The van der Waals surface area contributed by atoms with E-state index in [1.54, 1.807) is 11.1 Å². The number of anilines is 1. The van der Waals surface area contributed by atoms with Crippen molar-refractivity contribution in [2.24, 2.45) is 0 Å². The SMILES string of the molecule is Cc1cc2oc3c(c(=O)c2cc1C)C(c1ccc(OCc2ccccc2)cc1)N(c1nccs1)C3=O. The lowest BCUT2D eigenvalue weighted by molar-refractivity contribution is 0.0971. The number of amides is 1. The van der Waals surface area contributed by atoms with Gasteiger partial charge in [0.1, 0.15) is 17.9 Å². The minimum atomic E-state index is -0.649. The van der Waals surface area contributed by atoms with E-state index >= 15 is 0 Å². The third kappa shape index (κ3) is 3.69. The average Bonchev–Trinajstić information content (AvgIpc) is 3.52. The van der Waals surface area contributed by atoms with Gasteiger partial charge in [0.05, 0.1) is 17.0 Å². The molecule has 3 heterocycles. The van der Waals surface area contributed by atoms with Gasteiger partial charge in [-0.05, 0) is 60.4 Å². The quantitative estimate of drug-likeness (QED) is 0.291. The zero-order valence-corrected chi connectivity index (χ0v) is 20.5. The fraction of sp³-hybridized carbons (Fsp3) is 0.138. The Bertz CT molecular complexity index is 1640. The van der Waals surface area contributed by atoms with Gasteiger partial charge in [0.15, 0.2) is 10.6 Å². The number of benzene rings is 3. The number of nitrogens with zero attached hydrogens (tertiary/aromatic N) is 2. The maximum Gasteiger partial charge on any atom is 0.297 e. The number of aromatic nitrogens is 1. The molecule has 0 spiro atoms. The zero-order valence-electron chi connectivity index (χ0n) is 19.7. The summed E-state index contributed by atoms with van der Waals surface area (Å²) in [7, 11) is 0. The van der Waals surface area contributed by atoms with Crippen molar-refractivity contribution in [2.45, 2.75) is 26.5 Å². The van der Waals surface area contributed by atoms with Crippen LogP contribution in [0.4, 0.5) is 5.13 Å². The first kappa shape index (κ1) is 22.2. The molecule has 0 radical (unpaired) electrons. The number of hydrogen-bond donors (Lipinski definition) is 0. The molecule has 178 valence electrons. The number of carbonyl (C=O) groups excluding carboxylic acids is 1. The maximum absolute atomic E-state index is 13.8.